The highest BCUT2D eigenvalue weighted by molar-refractivity contribution is 6.36. The Balaban J connectivity index is 1.13. The molecule has 3 heterocycles. The highest BCUT2D eigenvalue weighted by Gasteiger charge is 2.39. The Kier molecular flexibility index (Phi) is 11.1. The van der Waals surface area contributed by atoms with E-state index in [9.17, 15) is 14.4 Å². The van der Waals surface area contributed by atoms with Crippen LogP contribution in [0.15, 0.2) is 42.6 Å². The normalized spacial score (nSPS) is 24.0. The van der Waals surface area contributed by atoms with Gasteiger partial charge in [0, 0.05) is 79.9 Å². The Hall–Kier alpha value is -2.95. The van der Waals surface area contributed by atoms with Gasteiger partial charge in [-0.25, -0.2) is 0 Å². The first-order valence-corrected chi connectivity index (χ1v) is 18.0. The number of carbonyl (C=O) groups excluding carboxylic acids is 3. The first-order valence-electron chi connectivity index (χ1n) is 17.3. The van der Waals surface area contributed by atoms with E-state index in [1.54, 1.807) is 18.3 Å². The van der Waals surface area contributed by atoms with Crippen LogP contribution < -0.4 is 5.32 Å². The number of ether oxygens (including phenoxy) is 1. The molecular formula is C37H47Cl2N5O4. The number of hydrogen-bond donors (Lipinski definition) is 1. The van der Waals surface area contributed by atoms with Crippen LogP contribution in [-0.2, 0) is 27.8 Å². The maximum atomic E-state index is 14.0. The topological polar surface area (TPSA) is 87.1 Å². The summed E-state index contributed by atoms with van der Waals surface area (Å²) in [7, 11) is 1.90. The van der Waals surface area contributed by atoms with Gasteiger partial charge in [0.15, 0.2) is 0 Å². The maximum absolute atomic E-state index is 14.0. The number of anilines is 1. The van der Waals surface area contributed by atoms with Crippen molar-refractivity contribution in [2.75, 3.05) is 44.6 Å². The number of likely N-dealkylation sites (tertiary alicyclic amines) is 1. The summed E-state index contributed by atoms with van der Waals surface area (Å²) in [5, 5.41) is 4.46. The van der Waals surface area contributed by atoms with Crippen LogP contribution in [-0.4, -0.2) is 101 Å². The first kappa shape index (κ1) is 34.9. The molecule has 0 bridgehead atoms. The van der Waals surface area contributed by atoms with Crippen LogP contribution in [0.1, 0.15) is 61.9 Å². The van der Waals surface area contributed by atoms with E-state index in [0.29, 0.717) is 46.1 Å². The zero-order chi connectivity index (χ0) is 33.9. The van der Waals surface area contributed by atoms with Gasteiger partial charge in [-0.2, -0.15) is 0 Å². The molecule has 0 unspecified atom stereocenters. The minimum atomic E-state index is -0.284. The van der Waals surface area contributed by atoms with Crippen LogP contribution in [0, 0.1) is 5.92 Å². The van der Waals surface area contributed by atoms with E-state index in [1.165, 1.54) is 0 Å². The fourth-order valence-electron chi connectivity index (χ4n) is 7.67. The van der Waals surface area contributed by atoms with Crippen molar-refractivity contribution in [3.05, 3.63) is 63.8 Å². The van der Waals surface area contributed by atoms with Crippen LogP contribution in [0.4, 0.5) is 5.69 Å². The van der Waals surface area contributed by atoms with Gasteiger partial charge in [0.05, 0.1) is 41.4 Å². The molecule has 3 aromatic rings. The molecule has 258 valence electrons. The number of nitrogens with zero attached hydrogens (tertiary/aromatic N) is 4. The van der Waals surface area contributed by atoms with Gasteiger partial charge in [-0.1, -0.05) is 41.4 Å². The highest BCUT2D eigenvalue weighted by Crippen LogP contribution is 2.33. The van der Waals surface area contributed by atoms with E-state index < -0.39 is 0 Å². The Morgan fingerprint density at radius 2 is 1.75 bits per heavy atom. The van der Waals surface area contributed by atoms with E-state index >= 15 is 0 Å². The number of fused-ring (bicyclic) bond motifs is 1. The summed E-state index contributed by atoms with van der Waals surface area (Å²) >= 11 is 13.4. The third kappa shape index (κ3) is 7.76. The molecule has 1 aromatic heterocycles. The van der Waals surface area contributed by atoms with Crippen molar-refractivity contribution in [2.45, 2.75) is 76.6 Å². The number of piperazine rings is 1. The summed E-state index contributed by atoms with van der Waals surface area (Å²) in [5.41, 5.74) is 2.51. The number of nitrogens with one attached hydrogen (secondary N) is 1. The monoisotopic (exact) mass is 695 g/mol. The van der Waals surface area contributed by atoms with Crippen LogP contribution >= 0.6 is 23.2 Å². The smallest absolute Gasteiger partial charge is 0.257 e. The number of hydrogen-bond acceptors (Lipinski definition) is 6. The second-order valence-corrected chi connectivity index (χ2v) is 14.8. The first-order chi connectivity index (χ1) is 23.1. The average Bonchev–Trinajstić information content (AvgIpc) is 3.68. The molecule has 3 fully saturated rings. The Morgan fingerprint density at radius 1 is 1.02 bits per heavy atom. The second kappa shape index (κ2) is 15.3. The number of rotatable bonds is 10. The molecule has 6 rings (SSSR count). The summed E-state index contributed by atoms with van der Waals surface area (Å²) in [6.45, 7) is 9.65. The molecule has 11 heteroatoms. The van der Waals surface area contributed by atoms with E-state index in [0.717, 1.165) is 75.5 Å². The minimum Gasteiger partial charge on any atom is -0.376 e. The van der Waals surface area contributed by atoms with Gasteiger partial charge >= 0.3 is 0 Å². The predicted octanol–water partition coefficient (Wildman–Crippen LogP) is 6.05. The molecule has 2 aliphatic heterocycles. The number of aldehydes is 1. The van der Waals surface area contributed by atoms with Gasteiger partial charge in [0.1, 0.15) is 6.29 Å². The van der Waals surface area contributed by atoms with E-state index in [4.69, 9.17) is 27.9 Å². The van der Waals surface area contributed by atoms with E-state index in [1.807, 2.05) is 40.8 Å². The fourth-order valence-corrected chi connectivity index (χ4v) is 8.14. The van der Waals surface area contributed by atoms with E-state index in [2.05, 4.69) is 29.0 Å². The zero-order valence-electron chi connectivity index (χ0n) is 28.2. The van der Waals surface area contributed by atoms with Gasteiger partial charge in [0.2, 0.25) is 5.91 Å². The molecule has 2 aromatic carbocycles. The molecule has 0 radical (unpaired) electrons. The minimum absolute atomic E-state index is 0.0120. The number of carbonyl (C=O) groups is 3. The van der Waals surface area contributed by atoms with Crippen LogP contribution in [0.25, 0.3) is 10.9 Å². The largest absolute Gasteiger partial charge is 0.376 e. The second-order valence-electron chi connectivity index (χ2n) is 14.0. The molecule has 3 aliphatic rings. The maximum Gasteiger partial charge on any atom is 0.257 e. The number of benzene rings is 2. The molecule has 1 saturated carbocycles. The van der Waals surface area contributed by atoms with Crippen molar-refractivity contribution in [1.29, 1.82) is 0 Å². The number of aryl methyl sites for hydroxylation is 1. The van der Waals surface area contributed by atoms with Crippen LogP contribution in [0.5, 0.6) is 0 Å². The van der Waals surface area contributed by atoms with Crippen molar-refractivity contribution >= 4 is 57.9 Å². The van der Waals surface area contributed by atoms with Gasteiger partial charge < -0.3 is 24.3 Å². The Labute approximate surface area is 293 Å². The summed E-state index contributed by atoms with van der Waals surface area (Å²) in [5.74, 6) is -0.159. The van der Waals surface area contributed by atoms with E-state index in [-0.39, 0.29) is 42.3 Å². The third-order valence-electron chi connectivity index (χ3n) is 10.6. The van der Waals surface area contributed by atoms with Crippen molar-refractivity contribution < 1.29 is 19.1 Å². The van der Waals surface area contributed by atoms with Gasteiger partial charge in [-0.15, -0.1) is 0 Å². The van der Waals surface area contributed by atoms with Crippen molar-refractivity contribution in [2.24, 2.45) is 13.0 Å². The van der Waals surface area contributed by atoms with Crippen molar-refractivity contribution in [3.8, 4) is 0 Å². The molecule has 2 atom stereocenters. The molecule has 0 spiro atoms. The summed E-state index contributed by atoms with van der Waals surface area (Å²) < 4.78 is 8.32. The zero-order valence-corrected chi connectivity index (χ0v) is 29.7. The lowest BCUT2D eigenvalue weighted by atomic mass is 9.88. The molecular weight excluding hydrogens is 649 g/mol. The average molecular weight is 697 g/mol. The van der Waals surface area contributed by atoms with Gasteiger partial charge in [-0.3, -0.25) is 19.4 Å². The lowest BCUT2D eigenvalue weighted by Gasteiger charge is -2.39. The number of para-hydroxylation sites is 1. The molecule has 2 saturated heterocycles. The highest BCUT2D eigenvalue weighted by atomic mass is 35.5. The number of amides is 2. The summed E-state index contributed by atoms with van der Waals surface area (Å²) in [4.78, 5) is 45.5. The third-order valence-corrected chi connectivity index (χ3v) is 11.3. The fraction of sp³-hybridized carbons (Fsp3) is 0.541. The summed E-state index contributed by atoms with van der Waals surface area (Å²) in [6, 6.07) is 11.8. The lowest BCUT2D eigenvalue weighted by Crippen LogP contribution is -2.52. The Morgan fingerprint density at radius 3 is 2.46 bits per heavy atom. The standard InChI is InChI=1S/C37H47Cl2N5O4/c1-24(2)42-12-14-43(15-13-42)27-18-28(23-48-29-10-8-25(22-45)9-11-29)44(20-27)36(46)17-26-16-33(39)34(19-32(26)38)40-37(47)31-21-41(3)35-7-5-4-6-30(31)35/h4-7,16,19,21-22,24-25,27-29H,8-15,17-18,20,23H2,1-3H3,(H,40,47)/t25?,27-,28-,29?/m0/s1. The quantitative estimate of drug-likeness (QED) is 0.260. The predicted molar refractivity (Wildman–Crippen MR) is 191 cm³/mol. The summed E-state index contributed by atoms with van der Waals surface area (Å²) in [6.07, 6.45) is 7.44. The van der Waals surface area contributed by atoms with Gasteiger partial charge in [0.25, 0.3) is 5.91 Å². The lowest BCUT2D eigenvalue weighted by molar-refractivity contribution is -0.133. The molecule has 1 N–H and O–H groups in total. The molecule has 2 amide bonds. The van der Waals surface area contributed by atoms with Crippen molar-refractivity contribution in [1.82, 2.24) is 19.3 Å². The van der Waals surface area contributed by atoms with Gasteiger partial charge in [-0.05, 0) is 69.7 Å². The number of aromatic nitrogens is 1. The van der Waals surface area contributed by atoms with Crippen LogP contribution in [0.3, 0.4) is 0 Å². The Bertz CT molecular complexity index is 1630. The van der Waals surface area contributed by atoms with Crippen molar-refractivity contribution in [3.63, 3.8) is 0 Å². The van der Waals surface area contributed by atoms with Crippen LogP contribution in [0.2, 0.25) is 10.0 Å². The SMILES string of the molecule is CC(C)N1CCN([C@H]2C[C@@H](COC3CCC(C=O)CC3)N(C(=O)Cc3cc(Cl)c(NC(=O)c4cn(C)c5ccccc45)cc3Cl)C2)CC1. The molecule has 1 aliphatic carbocycles. The molecule has 9 nitrogen and oxygen atoms in total. The molecule has 48 heavy (non-hydrogen) atoms. The number of halogens is 2.